The summed E-state index contributed by atoms with van der Waals surface area (Å²) in [5.74, 6) is 0.817. The summed E-state index contributed by atoms with van der Waals surface area (Å²) < 4.78 is 0. The lowest BCUT2D eigenvalue weighted by atomic mass is 9.70. The Bertz CT molecular complexity index is 223. The van der Waals surface area contributed by atoms with Crippen molar-refractivity contribution in [3.8, 4) is 0 Å². The van der Waals surface area contributed by atoms with Crippen molar-refractivity contribution in [2.75, 3.05) is 26.2 Å². The summed E-state index contributed by atoms with van der Waals surface area (Å²) in [5, 5.41) is 3.62. The molecule has 94 valence electrons. The highest BCUT2D eigenvalue weighted by atomic mass is 15.2. The molecule has 0 spiro atoms. The van der Waals surface area contributed by atoms with Crippen LogP contribution in [0.2, 0.25) is 0 Å². The first-order chi connectivity index (χ1) is 7.63. The first-order valence-electron chi connectivity index (χ1n) is 7.09. The van der Waals surface area contributed by atoms with E-state index in [4.69, 9.17) is 0 Å². The largest absolute Gasteiger partial charge is 0.314 e. The van der Waals surface area contributed by atoms with Crippen LogP contribution < -0.4 is 5.32 Å². The fourth-order valence-electron chi connectivity index (χ4n) is 3.42. The van der Waals surface area contributed by atoms with E-state index < -0.39 is 0 Å². The number of hydrogen-bond donors (Lipinski definition) is 1. The quantitative estimate of drug-likeness (QED) is 0.789. The summed E-state index contributed by atoms with van der Waals surface area (Å²) >= 11 is 0. The Kier molecular flexibility index (Phi) is 3.91. The summed E-state index contributed by atoms with van der Waals surface area (Å²) in [4.78, 5) is 2.71. The zero-order chi connectivity index (χ0) is 11.6. The van der Waals surface area contributed by atoms with Gasteiger partial charge in [-0.05, 0) is 43.7 Å². The van der Waals surface area contributed by atoms with Crippen molar-refractivity contribution >= 4 is 0 Å². The SMILES string of the molecule is CCNC1CCN(CC2(C)CCC2)CC1C. The number of nitrogens with one attached hydrogen (secondary N) is 1. The molecule has 1 aliphatic heterocycles. The van der Waals surface area contributed by atoms with Crippen LogP contribution in [-0.2, 0) is 0 Å². The predicted octanol–water partition coefficient (Wildman–Crippen LogP) is 2.50. The van der Waals surface area contributed by atoms with Gasteiger partial charge in [-0.15, -0.1) is 0 Å². The van der Waals surface area contributed by atoms with E-state index in [0.717, 1.165) is 18.5 Å². The van der Waals surface area contributed by atoms with E-state index in [9.17, 15) is 0 Å². The summed E-state index contributed by atoms with van der Waals surface area (Å²) in [6, 6.07) is 0.760. The van der Waals surface area contributed by atoms with Crippen LogP contribution in [0.25, 0.3) is 0 Å². The summed E-state index contributed by atoms with van der Waals surface area (Å²) in [7, 11) is 0. The first-order valence-corrected chi connectivity index (χ1v) is 7.09. The van der Waals surface area contributed by atoms with Gasteiger partial charge in [-0.25, -0.2) is 0 Å². The Hall–Kier alpha value is -0.0800. The van der Waals surface area contributed by atoms with E-state index in [1.165, 1.54) is 45.3 Å². The third-order valence-electron chi connectivity index (χ3n) is 4.62. The van der Waals surface area contributed by atoms with Crippen LogP contribution >= 0.6 is 0 Å². The average molecular weight is 224 g/mol. The van der Waals surface area contributed by atoms with Crippen LogP contribution in [0.1, 0.15) is 46.5 Å². The van der Waals surface area contributed by atoms with Crippen molar-refractivity contribution < 1.29 is 0 Å². The third kappa shape index (κ3) is 2.78. The Morgan fingerprint density at radius 2 is 2.12 bits per heavy atom. The molecule has 1 saturated heterocycles. The number of rotatable bonds is 4. The molecule has 0 bridgehead atoms. The molecule has 0 radical (unpaired) electrons. The minimum absolute atomic E-state index is 0.657. The molecule has 1 N–H and O–H groups in total. The normalized spacial score (nSPS) is 34.7. The van der Waals surface area contributed by atoms with Gasteiger partial charge in [0.2, 0.25) is 0 Å². The Morgan fingerprint density at radius 3 is 2.62 bits per heavy atom. The molecule has 2 rings (SSSR count). The number of piperidine rings is 1. The minimum atomic E-state index is 0.657. The van der Waals surface area contributed by atoms with Gasteiger partial charge in [0.25, 0.3) is 0 Å². The molecule has 2 atom stereocenters. The lowest BCUT2D eigenvalue weighted by Crippen LogP contribution is -2.51. The summed E-state index contributed by atoms with van der Waals surface area (Å²) in [6.07, 6.45) is 5.70. The molecule has 0 aromatic carbocycles. The Balaban J connectivity index is 1.78. The molecule has 0 aromatic heterocycles. The van der Waals surface area contributed by atoms with Crippen LogP contribution in [-0.4, -0.2) is 37.1 Å². The van der Waals surface area contributed by atoms with Crippen molar-refractivity contribution in [1.82, 2.24) is 10.2 Å². The maximum Gasteiger partial charge on any atom is 0.0117 e. The minimum Gasteiger partial charge on any atom is -0.314 e. The molecule has 2 nitrogen and oxygen atoms in total. The number of hydrogen-bond acceptors (Lipinski definition) is 2. The summed E-state index contributed by atoms with van der Waals surface area (Å²) in [5.41, 5.74) is 0.657. The van der Waals surface area contributed by atoms with Gasteiger partial charge in [0.1, 0.15) is 0 Å². The van der Waals surface area contributed by atoms with Crippen LogP contribution in [0.15, 0.2) is 0 Å². The molecule has 2 aliphatic rings. The number of likely N-dealkylation sites (tertiary alicyclic amines) is 1. The van der Waals surface area contributed by atoms with Crippen molar-refractivity contribution in [3.63, 3.8) is 0 Å². The van der Waals surface area contributed by atoms with Gasteiger partial charge in [0.15, 0.2) is 0 Å². The zero-order valence-electron chi connectivity index (χ0n) is 11.3. The number of nitrogens with zero attached hydrogens (tertiary/aromatic N) is 1. The molecule has 1 aliphatic carbocycles. The van der Waals surface area contributed by atoms with Gasteiger partial charge in [-0.1, -0.05) is 27.2 Å². The van der Waals surface area contributed by atoms with E-state index >= 15 is 0 Å². The molecule has 0 aromatic rings. The molecule has 0 amide bonds. The zero-order valence-corrected chi connectivity index (χ0v) is 11.3. The second-order valence-corrected chi connectivity index (χ2v) is 6.33. The Morgan fingerprint density at radius 1 is 1.38 bits per heavy atom. The first kappa shape index (κ1) is 12.4. The smallest absolute Gasteiger partial charge is 0.0117 e. The van der Waals surface area contributed by atoms with Crippen molar-refractivity contribution in [1.29, 1.82) is 0 Å². The van der Waals surface area contributed by atoms with Crippen molar-refractivity contribution in [2.45, 2.75) is 52.5 Å². The third-order valence-corrected chi connectivity index (χ3v) is 4.62. The van der Waals surface area contributed by atoms with Gasteiger partial charge in [0, 0.05) is 19.1 Å². The van der Waals surface area contributed by atoms with Crippen molar-refractivity contribution in [3.05, 3.63) is 0 Å². The van der Waals surface area contributed by atoms with Gasteiger partial charge >= 0.3 is 0 Å². The molecule has 1 saturated carbocycles. The average Bonchev–Trinajstić information content (AvgIpc) is 2.20. The molecular formula is C14H28N2. The van der Waals surface area contributed by atoms with Crippen LogP contribution in [0.4, 0.5) is 0 Å². The van der Waals surface area contributed by atoms with E-state index in [-0.39, 0.29) is 0 Å². The highest BCUT2D eigenvalue weighted by molar-refractivity contribution is 4.90. The maximum absolute atomic E-state index is 3.62. The molecule has 2 unspecified atom stereocenters. The van der Waals surface area contributed by atoms with Crippen LogP contribution in [0, 0.1) is 11.3 Å². The maximum atomic E-state index is 3.62. The van der Waals surface area contributed by atoms with Gasteiger partial charge in [-0.3, -0.25) is 0 Å². The second kappa shape index (κ2) is 5.05. The monoisotopic (exact) mass is 224 g/mol. The molecular weight excluding hydrogens is 196 g/mol. The highest BCUT2D eigenvalue weighted by Crippen LogP contribution is 2.41. The van der Waals surface area contributed by atoms with E-state index in [2.05, 4.69) is 31.0 Å². The standard InChI is InChI=1S/C14H28N2/c1-4-15-13-6-9-16(10-12(13)2)11-14(3)7-5-8-14/h12-13,15H,4-11H2,1-3H3. The van der Waals surface area contributed by atoms with Crippen LogP contribution in [0.3, 0.4) is 0 Å². The van der Waals surface area contributed by atoms with Gasteiger partial charge in [0.05, 0.1) is 0 Å². The van der Waals surface area contributed by atoms with E-state index in [1.54, 1.807) is 0 Å². The van der Waals surface area contributed by atoms with E-state index in [0.29, 0.717) is 5.41 Å². The molecule has 1 heterocycles. The molecule has 2 heteroatoms. The lowest BCUT2D eigenvalue weighted by molar-refractivity contribution is 0.0520. The fraction of sp³-hybridized carbons (Fsp3) is 1.00. The second-order valence-electron chi connectivity index (χ2n) is 6.33. The van der Waals surface area contributed by atoms with E-state index in [1.807, 2.05) is 0 Å². The fourth-order valence-corrected chi connectivity index (χ4v) is 3.42. The van der Waals surface area contributed by atoms with Gasteiger partial charge in [-0.2, -0.15) is 0 Å². The predicted molar refractivity (Wildman–Crippen MR) is 69.6 cm³/mol. The van der Waals surface area contributed by atoms with Gasteiger partial charge < -0.3 is 10.2 Å². The lowest BCUT2D eigenvalue weighted by Gasteiger charge is -2.46. The molecule has 2 fully saturated rings. The topological polar surface area (TPSA) is 15.3 Å². The van der Waals surface area contributed by atoms with Crippen molar-refractivity contribution in [2.24, 2.45) is 11.3 Å². The van der Waals surface area contributed by atoms with Crippen LogP contribution in [0.5, 0.6) is 0 Å². The summed E-state index contributed by atoms with van der Waals surface area (Å²) in [6.45, 7) is 12.2. The Labute approximate surface area is 101 Å². The highest BCUT2D eigenvalue weighted by Gasteiger charge is 2.35. The molecule has 16 heavy (non-hydrogen) atoms.